The van der Waals surface area contributed by atoms with Crippen LogP contribution in [0.15, 0.2) is 78.9 Å². The Morgan fingerprint density at radius 2 is 1.34 bits per heavy atom. The number of benzene rings is 3. The second kappa shape index (κ2) is 9.94. The van der Waals surface area contributed by atoms with Crippen LogP contribution in [0.3, 0.4) is 0 Å². The highest BCUT2D eigenvalue weighted by molar-refractivity contribution is 5.94. The Morgan fingerprint density at radius 1 is 0.759 bits per heavy atom. The predicted octanol–water partition coefficient (Wildman–Crippen LogP) is 4.27. The van der Waals surface area contributed by atoms with Crippen molar-refractivity contribution < 1.29 is 14.3 Å². The number of amides is 2. The molecule has 29 heavy (non-hydrogen) atoms. The highest BCUT2D eigenvalue weighted by Gasteiger charge is 2.04. The van der Waals surface area contributed by atoms with Crippen LogP contribution in [0.4, 0.5) is 17.1 Å². The van der Waals surface area contributed by atoms with Crippen molar-refractivity contribution in [2.24, 2.45) is 0 Å². The van der Waals surface area contributed by atoms with Crippen molar-refractivity contribution in [2.75, 3.05) is 22.5 Å². The van der Waals surface area contributed by atoms with Crippen LogP contribution < -0.4 is 20.7 Å². The molecule has 0 heterocycles. The van der Waals surface area contributed by atoms with Crippen molar-refractivity contribution in [2.45, 2.75) is 13.5 Å². The number of nitrogens with one attached hydrogen (secondary N) is 3. The SMILES string of the molecule is CC(=O)Nc1ccc(NC(=O)CNc2ccc(OCc3ccccc3)cc2)cc1. The van der Waals surface area contributed by atoms with Gasteiger partial charge in [0.25, 0.3) is 0 Å². The number of ether oxygens (including phenoxy) is 1. The van der Waals surface area contributed by atoms with Crippen molar-refractivity contribution in [1.29, 1.82) is 0 Å². The number of rotatable bonds is 8. The molecule has 0 radical (unpaired) electrons. The molecule has 3 N–H and O–H groups in total. The molecule has 0 atom stereocenters. The van der Waals surface area contributed by atoms with E-state index < -0.39 is 0 Å². The van der Waals surface area contributed by atoms with Gasteiger partial charge in [0, 0.05) is 24.0 Å². The molecule has 148 valence electrons. The molecule has 0 aromatic heterocycles. The molecule has 0 fully saturated rings. The van der Waals surface area contributed by atoms with Crippen LogP contribution in [0.25, 0.3) is 0 Å². The van der Waals surface area contributed by atoms with Crippen LogP contribution in [-0.4, -0.2) is 18.4 Å². The van der Waals surface area contributed by atoms with Gasteiger partial charge in [-0.2, -0.15) is 0 Å². The Hall–Kier alpha value is -3.80. The maximum absolute atomic E-state index is 12.1. The highest BCUT2D eigenvalue weighted by Crippen LogP contribution is 2.17. The van der Waals surface area contributed by atoms with Crippen LogP contribution in [0.1, 0.15) is 12.5 Å². The van der Waals surface area contributed by atoms with Crippen LogP contribution in [-0.2, 0) is 16.2 Å². The van der Waals surface area contributed by atoms with Crippen molar-refractivity contribution in [1.82, 2.24) is 0 Å². The molecule has 2 amide bonds. The number of hydrogen-bond donors (Lipinski definition) is 3. The smallest absolute Gasteiger partial charge is 0.243 e. The molecule has 6 heteroatoms. The zero-order chi connectivity index (χ0) is 20.5. The summed E-state index contributed by atoms with van der Waals surface area (Å²) in [4.78, 5) is 23.1. The van der Waals surface area contributed by atoms with Crippen LogP contribution in [0.5, 0.6) is 5.75 Å². The molecular weight excluding hydrogens is 366 g/mol. The maximum atomic E-state index is 12.1. The molecule has 0 unspecified atom stereocenters. The van der Waals surface area contributed by atoms with E-state index in [0.717, 1.165) is 17.0 Å². The van der Waals surface area contributed by atoms with Crippen molar-refractivity contribution >= 4 is 28.9 Å². The first-order valence-electron chi connectivity index (χ1n) is 9.27. The summed E-state index contributed by atoms with van der Waals surface area (Å²) < 4.78 is 5.75. The molecule has 0 bridgehead atoms. The fourth-order valence-corrected chi connectivity index (χ4v) is 2.64. The maximum Gasteiger partial charge on any atom is 0.243 e. The van der Waals surface area contributed by atoms with Gasteiger partial charge >= 0.3 is 0 Å². The van der Waals surface area contributed by atoms with E-state index >= 15 is 0 Å². The van der Waals surface area contributed by atoms with Gasteiger partial charge in [0.1, 0.15) is 12.4 Å². The Kier molecular flexibility index (Phi) is 6.84. The predicted molar refractivity (Wildman–Crippen MR) is 115 cm³/mol. The van der Waals surface area contributed by atoms with E-state index in [9.17, 15) is 9.59 Å². The van der Waals surface area contributed by atoms with Gasteiger partial charge in [-0.25, -0.2) is 0 Å². The minimum atomic E-state index is -0.165. The molecule has 3 aromatic carbocycles. The fraction of sp³-hybridized carbons (Fsp3) is 0.130. The van der Waals surface area contributed by atoms with Gasteiger partial charge in [0.05, 0.1) is 6.54 Å². The van der Waals surface area contributed by atoms with Crippen LogP contribution in [0.2, 0.25) is 0 Å². The zero-order valence-corrected chi connectivity index (χ0v) is 16.1. The topological polar surface area (TPSA) is 79.5 Å². The Morgan fingerprint density at radius 3 is 1.97 bits per heavy atom. The monoisotopic (exact) mass is 389 g/mol. The highest BCUT2D eigenvalue weighted by atomic mass is 16.5. The lowest BCUT2D eigenvalue weighted by Crippen LogP contribution is -2.21. The lowest BCUT2D eigenvalue weighted by Gasteiger charge is -2.10. The van der Waals surface area contributed by atoms with Gasteiger partial charge in [-0.15, -0.1) is 0 Å². The van der Waals surface area contributed by atoms with Crippen molar-refractivity contribution in [3.63, 3.8) is 0 Å². The Labute approximate surface area is 169 Å². The number of hydrogen-bond acceptors (Lipinski definition) is 4. The van der Waals surface area contributed by atoms with Gasteiger partial charge in [-0.3, -0.25) is 9.59 Å². The summed E-state index contributed by atoms with van der Waals surface area (Å²) in [6, 6.07) is 24.4. The second-order valence-electron chi connectivity index (χ2n) is 6.46. The summed E-state index contributed by atoms with van der Waals surface area (Å²) in [6.07, 6.45) is 0. The zero-order valence-electron chi connectivity index (χ0n) is 16.1. The van der Waals surface area contributed by atoms with Gasteiger partial charge in [0.2, 0.25) is 11.8 Å². The molecule has 3 rings (SSSR count). The third-order valence-electron chi connectivity index (χ3n) is 4.04. The number of anilines is 3. The molecule has 0 aliphatic rings. The van der Waals surface area contributed by atoms with E-state index in [1.165, 1.54) is 6.92 Å². The van der Waals surface area contributed by atoms with E-state index in [2.05, 4.69) is 16.0 Å². The summed E-state index contributed by atoms with van der Waals surface area (Å²) in [5, 5.41) is 8.56. The Balaban J connectivity index is 1.43. The largest absolute Gasteiger partial charge is 0.489 e. The standard InChI is InChI=1S/C23H23N3O3/c1-17(27)25-20-7-9-21(10-8-20)26-23(28)15-24-19-11-13-22(14-12-19)29-16-18-5-3-2-4-6-18/h2-14,24H,15-16H2,1H3,(H,25,27)(H,26,28). The molecule has 0 spiro atoms. The molecule has 0 aliphatic heterocycles. The summed E-state index contributed by atoms with van der Waals surface area (Å²) >= 11 is 0. The second-order valence-corrected chi connectivity index (χ2v) is 6.46. The first-order valence-corrected chi connectivity index (χ1v) is 9.27. The van der Waals surface area contributed by atoms with E-state index in [0.29, 0.717) is 18.0 Å². The lowest BCUT2D eigenvalue weighted by molar-refractivity contribution is -0.115. The molecule has 3 aromatic rings. The lowest BCUT2D eigenvalue weighted by atomic mass is 10.2. The quantitative estimate of drug-likeness (QED) is 0.537. The van der Waals surface area contributed by atoms with Crippen LogP contribution >= 0.6 is 0 Å². The van der Waals surface area contributed by atoms with E-state index in [-0.39, 0.29) is 18.4 Å². The molecule has 6 nitrogen and oxygen atoms in total. The van der Waals surface area contributed by atoms with Gasteiger partial charge in [-0.1, -0.05) is 30.3 Å². The van der Waals surface area contributed by atoms with Gasteiger partial charge < -0.3 is 20.7 Å². The third kappa shape index (κ3) is 6.70. The minimum absolute atomic E-state index is 0.137. The number of carbonyl (C=O) groups excluding carboxylic acids is 2. The minimum Gasteiger partial charge on any atom is -0.489 e. The summed E-state index contributed by atoms with van der Waals surface area (Å²) in [5.41, 5.74) is 3.28. The van der Waals surface area contributed by atoms with Crippen LogP contribution in [0, 0.1) is 0 Å². The Bertz CT molecular complexity index is 939. The molecule has 0 saturated carbocycles. The summed E-state index contributed by atoms with van der Waals surface area (Å²) in [7, 11) is 0. The number of carbonyl (C=O) groups is 2. The molecule has 0 aliphatic carbocycles. The van der Waals surface area contributed by atoms with E-state index in [1.807, 2.05) is 54.6 Å². The van der Waals surface area contributed by atoms with E-state index in [1.54, 1.807) is 24.3 Å². The molecule has 0 saturated heterocycles. The molecular formula is C23H23N3O3. The van der Waals surface area contributed by atoms with Gasteiger partial charge in [0.15, 0.2) is 0 Å². The first-order chi connectivity index (χ1) is 14.1. The normalized spacial score (nSPS) is 10.1. The van der Waals surface area contributed by atoms with Gasteiger partial charge in [-0.05, 0) is 54.1 Å². The van der Waals surface area contributed by atoms with Crippen molar-refractivity contribution in [3.8, 4) is 5.75 Å². The first kappa shape index (κ1) is 19.9. The average Bonchev–Trinajstić information content (AvgIpc) is 2.73. The van der Waals surface area contributed by atoms with E-state index in [4.69, 9.17) is 4.74 Å². The fourth-order valence-electron chi connectivity index (χ4n) is 2.64. The average molecular weight is 389 g/mol. The summed E-state index contributed by atoms with van der Waals surface area (Å²) in [5.74, 6) is 0.465. The van der Waals surface area contributed by atoms with Crippen molar-refractivity contribution in [3.05, 3.63) is 84.4 Å². The third-order valence-corrected chi connectivity index (χ3v) is 4.04. The summed E-state index contributed by atoms with van der Waals surface area (Å²) in [6.45, 7) is 2.09.